The Hall–Kier alpha value is -3.11. The number of hydrogen-bond donors (Lipinski definition) is 1. The first-order chi connectivity index (χ1) is 12.0. The average molecular weight is 342 g/mol. The number of hydrogen-bond acceptors (Lipinski definition) is 7. The van der Waals surface area contributed by atoms with Crippen molar-refractivity contribution in [2.75, 3.05) is 13.2 Å². The van der Waals surface area contributed by atoms with Crippen molar-refractivity contribution < 1.29 is 24.1 Å². The summed E-state index contributed by atoms with van der Waals surface area (Å²) in [5.74, 6) is 0.446. The third-order valence-corrected chi connectivity index (χ3v) is 3.30. The Kier molecular flexibility index (Phi) is 6.32. The summed E-state index contributed by atoms with van der Waals surface area (Å²) in [6, 6.07) is 10.4. The van der Waals surface area contributed by atoms with Crippen LogP contribution in [0.5, 0.6) is 17.5 Å². The molecule has 25 heavy (non-hydrogen) atoms. The zero-order chi connectivity index (χ0) is 18.2. The molecule has 0 saturated heterocycles. The number of aliphatic hydroxyl groups excluding tert-OH is 1. The molecule has 2 rings (SSSR count). The van der Waals surface area contributed by atoms with E-state index < -0.39 is 5.97 Å². The summed E-state index contributed by atoms with van der Waals surface area (Å²) < 4.78 is 15.8. The highest BCUT2D eigenvalue weighted by Crippen LogP contribution is 2.26. The van der Waals surface area contributed by atoms with E-state index in [1.165, 1.54) is 13.0 Å². The third-order valence-electron chi connectivity index (χ3n) is 3.30. The molecular weight excluding hydrogens is 324 g/mol. The van der Waals surface area contributed by atoms with Gasteiger partial charge in [-0.2, -0.15) is 10.2 Å². The minimum absolute atomic E-state index is 0.0603. The predicted molar refractivity (Wildman–Crippen MR) is 88.3 cm³/mol. The van der Waals surface area contributed by atoms with Crippen molar-refractivity contribution in [3.05, 3.63) is 47.0 Å². The number of esters is 1. The minimum atomic E-state index is -0.409. The number of aryl methyl sites for hydroxylation is 1. The number of pyridine rings is 1. The fourth-order valence-corrected chi connectivity index (χ4v) is 2.00. The summed E-state index contributed by atoms with van der Waals surface area (Å²) >= 11 is 0. The quantitative estimate of drug-likeness (QED) is 0.609. The molecule has 0 unspecified atom stereocenters. The lowest BCUT2D eigenvalue weighted by molar-refractivity contribution is -0.141. The van der Waals surface area contributed by atoms with Crippen LogP contribution in [0.15, 0.2) is 30.3 Å². The summed E-state index contributed by atoms with van der Waals surface area (Å²) in [6.45, 7) is 3.24. The van der Waals surface area contributed by atoms with Gasteiger partial charge in [0, 0.05) is 13.0 Å². The van der Waals surface area contributed by atoms with Crippen LogP contribution in [0.3, 0.4) is 0 Å². The van der Waals surface area contributed by atoms with Gasteiger partial charge in [0.15, 0.2) is 0 Å². The van der Waals surface area contributed by atoms with Crippen LogP contribution in [0.25, 0.3) is 0 Å². The van der Waals surface area contributed by atoms with Crippen molar-refractivity contribution in [1.82, 2.24) is 4.98 Å². The van der Waals surface area contributed by atoms with Crippen LogP contribution >= 0.6 is 0 Å². The van der Waals surface area contributed by atoms with E-state index in [9.17, 15) is 9.90 Å². The van der Waals surface area contributed by atoms with E-state index in [-0.39, 0.29) is 37.1 Å². The second-order valence-corrected chi connectivity index (χ2v) is 5.15. The molecule has 0 atom stereocenters. The second kappa shape index (κ2) is 8.66. The molecule has 0 bridgehead atoms. The molecule has 0 saturated carbocycles. The van der Waals surface area contributed by atoms with Gasteiger partial charge in [-0.05, 0) is 36.2 Å². The number of rotatable bonds is 7. The fourth-order valence-electron chi connectivity index (χ4n) is 2.00. The number of benzene rings is 1. The second-order valence-electron chi connectivity index (χ2n) is 5.15. The smallest absolute Gasteiger partial charge is 0.302 e. The van der Waals surface area contributed by atoms with Gasteiger partial charge in [0.05, 0.1) is 6.61 Å². The highest BCUT2D eigenvalue weighted by Gasteiger charge is 2.10. The molecule has 1 N–H and O–H groups in total. The molecule has 0 fully saturated rings. The summed E-state index contributed by atoms with van der Waals surface area (Å²) in [4.78, 5) is 14.9. The van der Waals surface area contributed by atoms with Crippen molar-refractivity contribution in [3.63, 3.8) is 0 Å². The summed E-state index contributed by atoms with van der Waals surface area (Å²) in [5, 5.41) is 18.4. The molecule has 0 aliphatic carbocycles. The van der Waals surface area contributed by atoms with E-state index in [0.717, 1.165) is 11.1 Å². The van der Waals surface area contributed by atoms with Crippen LogP contribution in [0.2, 0.25) is 0 Å². The molecule has 7 heteroatoms. The molecule has 0 amide bonds. The normalized spacial score (nSPS) is 10.0. The van der Waals surface area contributed by atoms with Gasteiger partial charge < -0.3 is 19.3 Å². The summed E-state index contributed by atoms with van der Waals surface area (Å²) in [6.07, 6.45) is 0. The predicted octanol–water partition coefficient (Wildman–Crippen LogP) is 2.49. The summed E-state index contributed by atoms with van der Waals surface area (Å²) in [7, 11) is 0. The first kappa shape index (κ1) is 18.2. The zero-order valence-corrected chi connectivity index (χ0v) is 14.0. The number of aromatic nitrogens is 1. The Balaban J connectivity index is 2.12. The van der Waals surface area contributed by atoms with Crippen molar-refractivity contribution in [2.45, 2.75) is 20.5 Å². The largest absolute Gasteiger partial charge is 0.473 e. The lowest BCUT2D eigenvalue weighted by atomic mass is 10.1. The van der Waals surface area contributed by atoms with Gasteiger partial charge in [-0.1, -0.05) is 6.07 Å². The summed E-state index contributed by atoms with van der Waals surface area (Å²) in [5.41, 5.74) is 1.95. The Bertz CT molecular complexity index is 799. The maximum atomic E-state index is 10.7. The van der Waals surface area contributed by atoms with Gasteiger partial charge in [-0.3, -0.25) is 4.79 Å². The number of ether oxygens (including phenoxy) is 3. The first-order valence-corrected chi connectivity index (χ1v) is 7.59. The molecule has 0 radical (unpaired) electrons. The third kappa shape index (κ3) is 5.19. The zero-order valence-electron chi connectivity index (χ0n) is 14.0. The highest BCUT2D eigenvalue weighted by molar-refractivity contribution is 5.65. The van der Waals surface area contributed by atoms with E-state index in [1.54, 1.807) is 18.2 Å². The van der Waals surface area contributed by atoms with Crippen LogP contribution in [0, 0.1) is 18.3 Å². The number of nitrogens with zero attached hydrogens (tertiary/aromatic N) is 2. The van der Waals surface area contributed by atoms with Crippen LogP contribution in [-0.4, -0.2) is 29.3 Å². The van der Waals surface area contributed by atoms with Crippen molar-refractivity contribution in [3.8, 4) is 23.6 Å². The number of carbonyl (C=O) groups excluding carboxylic acids is 1. The Morgan fingerprint density at radius 2 is 2.08 bits per heavy atom. The topological polar surface area (TPSA) is 102 Å². The Morgan fingerprint density at radius 1 is 1.28 bits per heavy atom. The number of nitriles is 1. The highest BCUT2D eigenvalue weighted by atomic mass is 16.6. The molecule has 130 valence electrons. The molecule has 7 nitrogen and oxygen atoms in total. The van der Waals surface area contributed by atoms with Crippen LogP contribution in [-0.2, 0) is 16.1 Å². The molecule has 1 aromatic carbocycles. The van der Waals surface area contributed by atoms with E-state index in [4.69, 9.17) is 19.5 Å². The van der Waals surface area contributed by atoms with E-state index >= 15 is 0 Å². The average Bonchev–Trinajstić information content (AvgIpc) is 2.60. The Morgan fingerprint density at radius 3 is 2.76 bits per heavy atom. The minimum Gasteiger partial charge on any atom is -0.473 e. The van der Waals surface area contributed by atoms with Crippen LogP contribution in [0.1, 0.15) is 23.6 Å². The molecule has 0 spiro atoms. The standard InChI is InChI=1S/C18H18N2O5/c1-12-3-5-16(9-15(12)11-21)25-17-6-4-14(10-19)18(20-17)24-8-7-23-13(2)22/h3-6,9,21H,7-8,11H2,1-2H3. The molecular formula is C18H18N2O5. The van der Waals surface area contributed by atoms with Gasteiger partial charge in [0.1, 0.15) is 30.6 Å². The Labute approximate surface area is 145 Å². The van der Waals surface area contributed by atoms with E-state index in [2.05, 4.69) is 4.98 Å². The molecule has 0 aliphatic heterocycles. The van der Waals surface area contributed by atoms with Gasteiger partial charge in [-0.25, -0.2) is 0 Å². The molecule has 2 aromatic rings. The van der Waals surface area contributed by atoms with Crippen molar-refractivity contribution >= 4 is 5.97 Å². The van der Waals surface area contributed by atoms with Crippen LogP contribution < -0.4 is 9.47 Å². The van der Waals surface area contributed by atoms with Gasteiger partial charge in [-0.15, -0.1) is 0 Å². The van der Waals surface area contributed by atoms with E-state index in [0.29, 0.717) is 5.75 Å². The SMILES string of the molecule is CC(=O)OCCOc1nc(Oc2ccc(C)c(CO)c2)ccc1C#N. The van der Waals surface area contributed by atoms with Crippen molar-refractivity contribution in [1.29, 1.82) is 5.26 Å². The number of aliphatic hydroxyl groups is 1. The van der Waals surface area contributed by atoms with Gasteiger partial charge in [0.25, 0.3) is 0 Å². The maximum Gasteiger partial charge on any atom is 0.302 e. The fraction of sp³-hybridized carbons (Fsp3) is 0.278. The van der Waals surface area contributed by atoms with E-state index in [1.807, 2.05) is 19.1 Å². The van der Waals surface area contributed by atoms with Gasteiger partial charge >= 0.3 is 5.97 Å². The monoisotopic (exact) mass is 342 g/mol. The van der Waals surface area contributed by atoms with Crippen LogP contribution in [0.4, 0.5) is 0 Å². The first-order valence-electron chi connectivity index (χ1n) is 7.59. The lowest BCUT2D eigenvalue weighted by Gasteiger charge is -2.11. The van der Waals surface area contributed by atoms with Crippen molar-refractivity contribution in [2.24, 2.45) is 0 Å². The maximum absolute atomic E-state index is 10.7. The molecule has 1 aromatic heterocycles. The molecule has 0 aliphatic rings. The van der Waals surface area contributed by atoms with Gasteiger partial charge in [0.2, 0.25) is 11.8 Å². The number of carbonyl (C=O) groups is 1. The lowest BCUT2D eigenvalue weighted by Crippen LogP contribution is -2.11. The molecule has 1 heterocycles.